The molecule has 0 spiro atoms. The molecule has 18 heavy (non-hydrogen) atoms. The van der Waals surface area contributed by atoms with Gasteiger partial charge in [0.25, 0.3) is 0 Å². The third-order valence-electron chi connectivity index (χ3n) is 3.13. The predicted octanol–water partition coefficient (Wildman–Crippen LogP) is 4.25. The minimum atomic E-state index is -0.442. The van der Waals surface area contributed by atoms with E-state index in [0.717, 1.165) is 21.2 Å². The van der Waals surface area contributed by atoms with E-state index in [1.54, 1.807) is 12.1 Å². The van der Waals surface area contributed by atoms with Crippen molar-refractivity contribution in [1.82, 2.24) is 0 Å². The molecule has 3 heteroatoms. The van der Waals surface area contributed by atoms with E-state index in [1.807, 2.05) is 32.0 Å². The first-order valence-corrected chi connectivity index (χ1v) is 6.56. The Labute approximate surface area is 115 Å². The van der Waals surface area contributed by atoms with Crippen LogP contribution in [0.25, 0.3) is 0 Å². The van der Waals surface area contributed by atoms with Gasteiger partial charge in [-0.25, -0.2) is 4.39 Å². The van der Waals surface area contributed by atoms with Gasteiger partial charge >= 0.3 is 0 Å². The number of aryl methyl sites for hydroxylation is 1. The molecule has 2 N–H and O–H groups in total. The first kappa shape index (κ1) is 13.2. The van der Waals surface area contributed by atoms with Gasteiger partial charge in [-0.1, -0.05) is 45.8 Å². The highest BCUT2D eigenvalue weighted by Crippen LogP contribution is 2.29. The van der Waals surface area contributed by atoms with Crippen LogP contribution in [0.3, 0.4) is 0 Å². The maximum absolute atomic E-state index is 13.8. The zero-order valence-electron chi connectivity index (χ0n) is 10.4. The lowest BCUT2D eigenvalue weighted by molar-refractivity contribution is 0.598. The Morgan fingerprint density at radius 2 is 1.83 bits per heavy atom. The van der Waals surface area contributed by atoms with Crippen molar-refractivity contribution >= 4 is 15.9 Å². The van der Waals surface area contributed by atoms with E-state index in [0.29, 0.717) is 5.56 Å². The summed E-state index contributed by atoms with van der Waals surface area (Å²) in [5, 5.41) is 0. The Hall–Kier alpha value is -1.19. The fourth-order valence-corrected chi connectivity index (χ4v) is 2.41. The quantitative estimate of drug-likeness (QED) is 0.881. The molecule has 0 bridgehead atoms. The second-order valence-corrected chi connectivity index (χ2v) is 5.31. The average Bonchev–Trinajstić information content (AvgIpc) is 2.35. The number of hydrogen-bond acceptors (Lipinski definition) is 1. The molecule has 1 atom stereocenters. The average molecular weight is 308 g/mol. The van der Waals surface area contributed by atoms with Gasteiger partial charge in [0.15, 0.2) is 0 Å². The fourth-order valence-electron chi connectivity index (χ4n) is 2.03. The van der Waals surface area contributed by atoms with Crippen LogP contribution in [0, 0.1) is 19.7 Å². The lowest BCUT2D eigenvalue weighted by atomic mass is 9.94. The molecule has 0 fully saturated rings. The SMILES string of the molecule is Cc1ccc(F)c(C(N)c2cccc(Br)c2C)c1. The molecule has 0 amide bonds. The Balaban J connectivity index is 2.51. The Bertz CT molecular complexity index is 579. The molecule has 0 aliphatic carbocycles. The van der Waals surface area contributed by atoms with Crippen LogP contribution in [0.4, 0.5) is 4.39 Å². The first-order chi connectivity index (χ1) is 8.50. The molecule has 0 aromatic heterocycles. The summed E-state index contributed by atoms with van der Waals surface area (Å²) in [5.74, 6) is -0.257. The van der Waals surface area contributed by atoms with E-state index >= 15 is 0 Å². The third-order valence-corrected chi connectivity index (χ3v) is 3.99. The maximum Gasteiger partial charge on any atom is 0.128 e. The molecule has 2 aromatic rings. The van der Waals surface area contributed by atoms with Crippen LogP contribution >= 0.6 is 15.9 Å². The maximum atomic E-state index is 13.8. The number of halogens is 2. The number of nitrogens with two attached hydrogens (primary N) is 1. The van der Waals surface area contributed by atoms with Crippen molar-refractivity contribution in [1.29, 1.82) is 0 Å². The summed E-state index contributed by atoms with van der Waals surface area (Å²) in [4.78, 5) is 0. The Kier molecular flexibility index (Phi) is 3.83. The van der Waals surface area contributed by atoms with Crippen molar-refractivity contribution in [3.63, 3.8) is 0 Å². The van der Waals surface area contributed by atoms with Crippen molar-refractivity contribution in [2.45, 2.75) is 19.9 Å². The molecule has 94 valence electrons. The lowest BCUT2D eigenvalue weighted by Crippen LogP contribution is -2.15. The standard InChI is InChI=1S/C15H15BrFN/c1-9-6-7-14(17)12(8-9)15(18)11-4-3-5-13(16)10(11)2/h3-8,15H,18H2,1-2H3. The molecule has 0 aliphatic rings. The molecule has 2 rings (SSSR count). The van der Waals surface area contributed by atoms with Gasteiger partial charge in [-0.05, 0) is 37.1 Å². The van der Waals surface area contributed by atoms with Gasteiger partial charge in [0, 0.05) is 10.0 Å². The number of rotatable bonds is 2. The summed E-state index contributed by atoms with van der Waals surface area (Å²) in [6, 6.07) is 10.4. The van der Waals surface area contributed by atoms with E-state index in [2.05, 4.69) is 15.9 Å². The summed E-state index contributed by atoms with van der Waals surface area (Å²) in [5.41, 5.74) is 9.73. The molecule has 0 heterocycles. The summed E-state index contributed by atoms with van der Waals surface area (Å²) in [7, 11) is 0. The molecule has 0 saturated carbocycles. The van der Waals surface area contributed by atoms with Gasteiger partial charge in [0.1, 0.15) is 5.82 Å². The smallest absolute Gasteiger partial charge is 0.128 e. The third kappa shape index (κ3) is 2.47. The van der Waals surface area contributed by atoms with Crippen molar-refractivity contribution in [2.24, 2.45) is 5.73 Å². The van der Waals surface area contributed by atoms with Gasteiger partial charge in [-0.3, -0.25) is 0 Å². The second kappa shape index (κ2) is 5.21. The molecule has 2 aromatic carbocycles. The van der Waals surface area contributed by atoms with E-state index in [4.69, 9.17) is 5.73 Å². The van der Waals surface area contributed by atoms with Gasteiger partial charge in [0.05, 0.1) is 6.04 Å². The zero-order valence-corrected chi connectivity index (χ0v) is 12.0. The van der Waals surface area contributed by atoms with Gasteiger partial charge in [-0.15, -0.1) is 0 Å². The highest BCUT2D eigenvalue weighted by Gasteiger charge is 2.16. The van der Waals surface area contributed by atoms with Crippen LogP contribution in [0.1, 0.15) is 28.3 Å². The van der Waals surface area contributed by atoms with Crippen LogP contribution in [0.15, 0.2) is 40.9 Å². The zero-order chi connectivity index (χ0) is 13.3. The molecule has 0 saturated heterocycles. The highest BCUT2D eigenvalue weighted by atomic mass is 79.9. The van der Waals surface area contributed by atoms with E-state index in [1.165, 1.54) is 6.07 Å². The van der Waals surface area contributed by atoms with Gasteiger partial charge in [-0.2, -0.15) is 0 Å². The van der Waals surface area contributed by atoms with Crippen molar-refractivity contribution < 1.29 is 4.39 Å². The Morgan fingerprint density at radius 3 is 2.56 bits per heavy atom. The lowest BCUT2D eigenvalue weighted by Gasteiger charge is -2.17. The molecular formula is C15H15BrFN. The predicted molar refractivity (Wildman–Crippen MR) is 76.0 cm³/mol. The van der Waals surface area contributed by atoms with E-state index < -0.39 is 6.04 Å². The summed E-state index contributed by atoms with van der Waals surface area (Å²) in [6.45, 7) is 3.91. The molecular weight excluding hydrogens is 293 g/mol. The number of benzene rings is 2. The molecule has 0 aliphatic heterocycles. The summed E-state index contributed by atoms with van der Waals surface area (Å²) < 4.78 is 14.8. The normalized spacial score (nSPS) is 12.5. The molecule has 1 nitrogen and oxygen atoms in total. The van der Waals surface area contributed by atoms with Gasteiger partial charge in [0.2, 0.25) is 0 Å². The topological polar surface area (TPSA) is 26.0 Å². The van der Waals surface area contributed by atoms with Gasteiger partial charge < -0.3 is 5.73 Å². The Morgan fingerprint density at radius 1 is 1.11 bits per heavy atom. The fraction of sp³-hybridized carbons (Fsp3) is 0.200. The second-order valence-electron chi connectivity index (χ2n) is 4.46. The molecule has 1 unspecified atom stereocenters. The largest absolute Gasteiger partial charge is 0.320 e. The van der Waals surface area contributed by atoms with Crippen molar-refractivity contribution in [3.8, 4) is 0 Å². The summed E-state index contributed by atoms with van der Waals surface area (Å²) >= 11 is 3.47. The van der Waals surface area contributed by atoms with E-state index in [9.17, 15) is 4.39 Å². The van der Waals surface area contributed by atoms with Crippen molar-refractivity contribution in [2.75, 3.05) is 0 Å². The van der Waals surface area contributed by atoms with Crippen molar-refractivity contribution in [3.05, 3.63) is 68.9 Å². The summed E-state index contributed by atoms with van der Waals surface area (Å²) in [6.07, 6.45) is 0. The van der Waals surface area contributed by atoms with Crippen LogP contribution < -0.4 is 5.73 Å². The van der Waals surface area contributed by atoms with Crippen LogP contribution in [0.2, 0.25) is 0 Å². The first-order valence-electron chi connectivity index (χ1n) is 5.77. The van der Waals surface area contributed by atoms with E-state index in [-0.39, 0.29) is 5.82 Å². The highest BCUT2D eigenvalue weighted by molar-refractivity contribution is 9.10. The van der Waals surface area contributed by atoms with Crippen LogP contribution in [0.5, 0.6) is 0 Å². The van der Waals surface area contributed by atoms with Crippen LogP contribution in [-0.2, 0) is 0 Å². The molecule has 0 radical (unpaired) electrons. The minimum absolute atomic E-state index is 0.257. The van der Waals surface area contributed by atoms with Crippen LogP contribution in [-0.4, -0.2) is 0 Å². The minimum Gasteiger partial charge on any atom is -0.320 e. The monoisotopic (exact) mass is 307 g/mol. The number of hydrogen-bond donors (Lipinski definition) is 1.